The summed E-state index contributed by atoms with van der Waals surface area (Å²) in [6.45, 7) is 0.118. The molecule has 0 aromatic heterocycles. The van der Waals surface area contributed by atoms with Crippen molar-refractivity contribution in [3.8, 4) is 5.75 Å². The van der Waals surface area contributed by atoms with Gasteiger partial charge in [-0.15, -0.1) is 0 Å². The molecule has 4 nitrogen and oxygen atoms in total. The van der Waals surface area contributed by atoms with E-state index in [1.807, 2.05) is 0 Å². The van der Waals surface area contributed by atoms with Crippen LogP contribution in [0.5, 0.6) is 5.75 Å². The molecule has 0 unspecified atom stereocenters. The normalized spacial score (nSPS) is 10.5. The van der Waals surface area contributed by atoms with E-state index >= 15 is 0 Å². The maximum absolute atomic E-state index is 13.4. The minimum absolute atomic E-state index is 0.0620. The van der Waals surface area contributed by atoms with Crippen LogP contribution < -0.4 is 4.74 Å². The average Bonchev–Trinajstić information content (AvgIpc) is 2.42. The van der Waals surface area contributed by atoms with E-state index in [1.54, 1.807) is 12.1 Å². The van der Waals surface area contributed by atoms with Crippen molar-refractivity contribution in [2.24, 2.45) is 0 Å². The van der Waals surface area contributed by atoms with Gasteiger partial charge in [0.05, 0.1) is 18.3 Å². The first-order valence-corrected chi connectivity index (χ1v) is 7.97. The van der Waals surface area contributed by atoms with Gasteiger partial charge >= 0.3 is 0 Å². The van der Waals surface area contributed by atoms with E-state index in [-0.39, 0.29) is 18.1 Å². The van der Waals surface area contributed by atoms with E-state index in [0.717, 1.165) is 0 Å². The zero-order valence-corrected chi connectivity index (χ0v) is 15.0. The summed E-state index contributed by atoms with van der Waals surface area (Å²) in [6, 6.07) is 7.34. The SMILES string of the molecule is O=[N+]([O-])c1cc(Br)c(OCc2cccc(F)c2Br)c(Br)c1. The average molecular weight is 484 g/mol. The largest absolute Gasteiger partial charge is 0.486 e. The molecule has 2 aromatic rings. The van der Waals surface area contributed by atoms with Gasteiger partial charge in [-0.05, 0) is 53.9 Å². The first-order chi connectivity index (χ1) is 9.90. The quantitative estimate of drug-likeness (QED) is 0.420. The molecule has 21 heavy (non-hydrogen) atoms. The molecule has 110 valence electrons. The number of hydrogen-bond donors (Lipinski definition) is 0. The summed E-state index contributed by atoms with van der Waals surface area (Å²) in [4.78, 5) is 10.3. The third-order valence-electron chi connectivity index (χ3n) is 2.60. The molecule has 0 aliphatic rings. The van der Waals surface area contributed by atoms with Crippen molar-refractivity contribution >= 4 is 53.5 Å². The predicted molar refractivity (Wildman–Crippen MR) is 86.9 cm³/mol. The summed E-state index contributed by atoms with van der Waals surface area (Å²) in [5.41, 5.74) is 0.570. The Labute approximate surface area is 144 Å². The molecule has 0 saturated carbocycles. The molecule has 0 radical (unpaired) electrons. The highest BCUT2D eigenvalue weighted by Gasteiger charge is 2.16. The maximum atomic E-state index is 13.4. The summed E-state index contributed by atoms with van der Waals surface area (Å²) in [5.74, 6) is 0.0368. The molecule has 0 heterocycles. The molecule has 0 aliphatic carbocycles. The third-order valence-corrected chi connectivity index (χ3v) is 4.66. The lowest BCUT2D eigenvalue weighted by Gasteiger charge is -2.11. The number of nitro benzene ring substituents is 1. The van der Waals surface area contributed by atoms with Gasteiger partial charge in [0.25, 0.3) is 5.69 Å². The molecule has 2 rings (SSSR count). The van der Waals surface area contributed by atoms with Crippen LogP contribution in [0.1, 0.15) is 5.56 Å². The molecule has 0 spiro atoms. The van der Waals surface area contributed by atoms with Gasteiger partial charge in [0, 0.05) is 17.7 Å². The second kappa shape index (κ2) is 6.85. The zero-order valence-electron chi connectivity index (χ0n) is 10.3. The number of ether oxygens (including phenoxy) is 1. The molecule has 0 bridgehead atoms. The standard InChI is InChI=1S/C13H7Br3FNO3/c14-9-4-8(18(19)20)5-10(15)13(9)21-6-7-2-1-3-11(17)12(7)16/h1-5H,6H2. The molecular formula is C13H7Br3FNO3. The molecular weight excluding hydrogens is 477 g/mol. The number of benzene rings is 2. The van der Waals surface area contributed by atoms with Crippen LogP contribution in [0.2, 0.25) is 0 Å². The van der Waals surface area contributed by atoms with Crippen LogP contribution >= 0.6 is 47.8 Å². The summed E-state index contributed by atoms with van der Waals surface area (Å²) in [7, 11) is 0. The number of non-ortho nitro benzene ring substituents is 1. The van der Waals surface area contributed by atoms with E-state index < -0.39 is 4.92 Å². The van der Waals surface area contributed by atoms with Crippen molar-refractivity contribution in [2.75, 3.05) is 0 Å². The highest BCUT2D eigenvalue weighted by Crippen LogP contribution is 2.38. The summed E-state index contributed by atoms with van der Waals surface area (Å²) < 4.78 is 20.2. The summed E-state index contributed by atoms with van der Waals surface area (Å²) >= 11 is 9.61. The van der Waals surface area contributed by atoms with E-state index in [1.165, 1.54) is 18.2 Å². The van der Waals surface area contributed by atoms with Crippen LogP contribution in [0, 0.1) is 15.9 Å². The Hall–Kier alpha value is -0.990. The Morgan fingerprint density at radius 3 is 2.38 bits per heavy atom. The number of nitrogens with zero attached hydrogens (tertiary/aromatic N) is 1. The maximum Gasteiger partial charge on any atom is 0.271 e. The lowest BCUT2D eigenvalue weighted by atomic mass is 10.2. The van der Waals surface area contributed by atoms with Gasteiger partial charge in [-0.2, -0.15) is 0 Å². The van der Waals surface area contributed by atoms with Gasteiger partial charge in [-0.25, -0.2) is 4.39 Å². The molecule has 8 heteroatoms. The van der Waals surface area contributed by atoms with Gasteiger partial charge in [-0.1, -0.05) is 12.1 Å². The fourth-order valence-corrected chi connectivity index (χ4v) is 3.37. The van der Waals surface area contributed by atoms with Crippen molar-refractivity contribution in [3.63, 3.8) is 0 Å². The van der Waals surface area contributed by atoms with Crippen LogP contribution in [-0.2, 0) is 6.61 Å². The lowest BCUT2D eigenvalue weighted by Crippen LogP contribution is -1.99. The third kappa shape index (κ3) is 3.81. The van der Waals surface area contributed by atoms with Crippen LogP contribution in [-0.4, -0.2) is 4.92 Å². The van der Waals surface area contributed by atoms with Gasteiger partial charge in [0.1, 0.15) is 18.2 Å². The molecule has 0 fully saturated rings. The Balaban J connectivity index is 2.24. The summed E-state index contributed by atoms with van der Waals surface area (Å²) in [5, 5.41) is 10.8. The van der Waals surface area contributed by atoms with Crippen LogP contribution in [0.3, 0.4) is 0 Å². The lowest BCUT2D eigenvalue weighted by molar-refractivity contribution is -0.385. The van der Waals surface area contributed by atoms with Crippen molar-refractivity contribution in [2.45, 2.75) is 6.61 Å². The smallest absolute Gasteiger partial charge is 0.271 e. The van der Waals surface area contributed by atoms with Crippen LogP contribution in [0.15, 0.2) is 43.7 Å². The Morgan fingerprint density at radius 1 is 1.19 bits per heavy atom. The molecule has 0 saturated heterocycles. The molecule has 0 aliphatic heterocycles. The highest BCUT2D eigenvalue weighted by molar-refractivity contribution is 9.11. The van der Waals surface area contributed by atoms with Gasteiger partial charge in [0.2, 0.25) is 0 Å². The predicted octanol–water partition coefficient (Wildman–Crippen LogP) is 5.60. The molecule has 0 atom stereocenters. The second-order valence-electron chi connectivity index (χ2n) is 4.00. The number of halogens is 4. The number of nitro groups is 1. The minimum Gasteiger partial charge on any atom is -0.486 e. The van der Waals surface area contributed by atoms with E-state index in [4.69, 9.17) is 4.74 Å². The Bertz CT molecular complexity index is 686. The van der Waals surface area contributed by atoms with Crippen molar-refractivity contribution in [1.29, 1.82) is 0 Å². The minimum atomic E-state index is -0.498. The van der Waals surface area contributed by atoms with E-state index in [9.17, 15) is 14.5 Å². The van der Waals surface area contributed by atoms with Crippen LogP contribution in [0.25, 0.3) is 0 Å². The Morgan fingerprint density at radius 2 is 1.81 bits per heavy atom. The van der Waals surface area contributed by atoms with Crippen LogP contribution in [0.4, 0.5) is 10.1 Å². The first kappa shape index (κ1) is 16.4. The first-order valence-electron chi connectivity index (χ1n) is 5.59. The molecule has 2 aromatic carbocycles. The zero-order chi connectivity index (χ0) is 15.6. The van der Waals surface area contributed by atoms with E-state index in [0.29, 0.717) is 24.7 Å². The molecule has 0 amide bonds. The fraction of sp³-hybridized carbons (Fsp3) is 0.0769. The van der Waals surface area contributed by atoms with Crippen molar-refractivity contribution < 1.29 is 14.1 Å². The fourth-order valence-electron chi connectivity index (χ4n) is 1.60. The second-order valence-corrected chi connectivity index (χ2v) is 6.50. The van der Waals surface area contributed by atoms with Crippen molar-refractivity contribution in [1.82, 2.24) is 0 Å². The number of hydrogen-bond acceptors (Lipinski definition) is 3. The van der Waals surface area contributed by atoms with E-state index in [2.05, 4.69) is 47.8 Å². The number of rotatable bonds is 4. The Kier molecular flexibility index (Phi) is 5.34. The highest BCUT2D eigenvalue weighted by atomic mass is 79.9. The van der Waals surface area contributed by atoms with Gasteiger partial charge in [-0.3, -0.25) is 10.1 Å². The molecule has 0 N–H and O–H groups in total. The van der Waals surface area contributed by atoms with Gasteiger partial charge < -0.3 is 4.74 Å². The summed E-state index contributed by atoms with van der Waals surface area (Å²) in [6.07, 6.45) is 0. The van der Waals surface area contributed by atoms with Gasteiger partial charge in [0.15, 0.2) is 0 Å². The topological polar surface area (TPSA) is 52.4 Å². The monoisotopic (exact) mass is 481 g/mol. The van der Waals surface area contributed by atoms with Crippen molar-refractivity contribution in [3.05, 3.63) is 65.2 Å².